The van der Waals surface area contributed by atoms with Crippen LogP contribution in [0.5, 0.6) is 0 Å². The number of H-pyrrole nitrogens is 1. The standard InChI is InChI=1S/C13H18N4/c1-9-3-6-15-11-10(9)16-12(17-11)13(2)4-7-14-8-5-13/h3,6,14H,4-5,7-8H2,1-2H3,(H,15,16,17). The fourth-order valence-electron chi connectivity index (χ4n) is 2.54. The molecule has 2 aromatic heterocycles. The third-order valence-corrected chi connectivity index (χ3v) is 3.88. The smallest absolute Gasteiger partial charge is 0.177 e. The molecule has 1 aliphatic heterocycles. The first-order chi connectivity index (χ1) is 8.19. The van der Waals surface area contributed by atoms with Crippen LogP contribution in [0.3, 0.4) is 0 Å². The summed E-state index contributed by atoms with van der Waals surface area (Å²) in [5, 5.41) is 3.40. The van der Waals surface area contributed by atoms with E-state index in [-0.39, 0.29) is 5.41 Å². The van der Waals surface area contributed by atoms with E-state index >= 15 is 0 Å². The molecular formula is C13H18N4. The number of nitrogens with one attached hydrogen (secondary N) is 2. The number of aryl methyl sites for hydroxylation is 1. The largest absolute Gasteiger partial charge is 0.340 e. The lowest BCUT2D eigenvalue weighted by molar-refractivity contribution is 0.321. The zero-order valence-electron chi connectivity index (χ0n) is 10.4. The molecule has 0 spiro atoms. The fraction of sp³-hybridized carbons (Fsp3) is 0.538. The maximum atomic E-state index is 4.67. The average molecular weight is 230 g/mol. The number of hydrogen-bond donors (Lipinski definition) is 2. The van der Waals surface area contributed by atoms with E-state index in [4.69, 9.17) is 0 Å². The van der Waals surface area contributed by atoms with Crippen LogP contribution in [0.2, 0.25) is 0 Å². The molecule has 1 aliphatic rings. The third kappa shape index (κ3) is 1.72. The summed E-state index contributed by atoms with van der Waals surface area (Å²) in [7, 11) is 0. The first-order valence-electron chi connectivity index (χ1n) is 6.22. The van der Waals surface area contributed by atoms with Gasteiger partial charge in [-0.3, -0.25) is 0 Å². The van der Waals surface area contributed by atoms with Crippen molar-refractivity contribution in [3.8, 4) is 0 Å². The van der Waals surface area contributed by atoms with Gasteiger partial charge in [-0.1, -0.05) is 6.92 Å². The molecule has 2 aromatic rings. The van der Waals surface area contributed by atoms with E-state index in [1.165, 1.54) is 5.56 Å². The van der Waals surface area contributed by atoms with Crippen molar-refractivity contribution in [1.29, 1.82) is 0 Å². The second-order valence-electron chi connectivity index (χ2n) is 5.22. The van der Waals surface area contributed by atoms with Crippen LogP contribution in [0.1, 0.15) is 31.2 Å². The molecule has 4 heteroatoms. The van der Waals surface area contributed by atoms with E-state index in [0.717, 1.165) is 42.9 Å². The lowest BCUT2D eigenvalue weighted by Crippen LogP contribution is -2.38. The number of fused-ring (bicyclic) bond motifs is 1. The van der Waals surface area contributed by atoms with Crippen molar-refractivity contribution in [2.45, 2.75) is 32.1 Å². The summed E-state index contributed by atoms with van der Waals surface area (Å²) in [6, 6.07) is 2.02. The van der Waals surface area contributed by atoms with Gasteiger partial charge in [-0.05, 0) is 44.5 Å². The van der Waals surface area contributed by atoms with Gasteiger partial charge in [0, 0.05) is 11.6 Å². The normalized spacial score (nSPS) is 19.6. The molecule has 1 fully saturated rings. The Morgan fingerprint density at radius 2 is 2.06 bits per heavy atom. The topological polar surface area (TPSA) is 53.6 Å². The summed E-state index contributed by atoms with van der Waals surface area (Å²) in [6.45, 7) is 6.53. The number of pyridine rings is 1. The number of aromatic nitrogens is 3. The molecule has 0 radical (unpaired) electrons. The van der Waals surface area contributed by atoms with Crippen LogP contribution >= 0.6 is 0 Å². The van der Waals surface area contributed by atoms with E-state index < -0.39 is 0 Å². The van der Waals surface area contributed by atoms with E-state index in [2.05, 4.69) is 34.1 Å². The van der Waals surface area contributed by atoms with Crippen LogP contribution < -0.4 is 5.32 Å². The van der Waals surface area contributed by atoms with Crippen LogP contribution in [-0.4, -0.2) is 28.0 Å². The molecular weight excluding hydrogens is 212 g/mol. The number of hydrogen-bond acceptors (Lipinski definition) is 3. The van der Waals surface area contributed by atoms with E-state index in [1.807, 2.05) is 12.3 Å². The molecule has 2 N–H and O–H groups in total. The summed E-state index contributed by atoms with van der Waals surface area (Å²) >= 11 is 0. The summed E-state index contributed by atoms with van der Waals surface area (Å²) in [6.07, 6.45) is 4.09. The Bertz CT molecular complexity index is 537. The molecule has 4 nitrogen and oxygen atoms in total. The van der Waals surface area contributed by atoms with Crippen LogP contribution in [-0.2, 0) is 5.41 Å². The summed E-state index contributed by atoms with van der Waals surface area (Å²) in [4.78, 5) is 12.5. The van der Waals surface area contributed by atoms with Gasteiger partial charge in [0.2, 0.25) is 0 Å². The van der Waals surface area contributed by atoms with Crippen LogP contribution in [0.4, 0.5) is 0 Å². The van der Waals surface area contributed by atoms with Gasteiger partial charge in [0.1, 0.15) is 5.82 Å². The minimum Gasteiger partial charge on any atom is -0.340 e. The zero-order chi connectivity index (χ0) is 11.9. The predicted molar refractivity (Wildman–Crippen MR) is 68.1 cm³/mol. The Morgan fingerprint density at radius 1 is 1.29 bits per heavy atom. The highest BCUT2D eigenvalue weighted by Crippen LogP contribution is 2.32. The average Bonchev–Trinajstić information content (AvgIpc) is 2.76. The minimum atomic E-state index is 0.165. The predicted octanol–water partition coefficient (Wildman–Crippen LogP) is 1.91. The second-order valence-corrected chi connectivity index (χ2v) is 5.22. The van der Waals surface area contributed by atoms with Crippen molar-refractivity contribution in [2.75, 3.05) is 13.1 Å². The number of rotatable bonds is 1. The van der Waals surface area contributed by atoms with Crippen molar-refractivity contribution in [1.82, 2.24) is 20.3 Å². The Morgan fingerprint density at radius 3 is 2.76 bits per heavy atom. The third-order valence-electron chi connectivity index (χ3n) is 3.88. The van der Waals surface area contributed by atoms with E-state index in [0.29, 0.717) is 0 Å². The highest BCUT2D eigenvalue weighted by Gasteiger charge is 2.31. The molecule has 0 saturated carbocycles. The number of aromatic amines is 1. The molecule has 3 heterocycles. The van der Waals surface area contributed by atoms with Crippen molar-refractivity contribution in [3.05, 3.63) is 23.7 Å². The summed E-state index contributed by atoms with van der Waals surface area (Å²) in [5.74, 6) is 1.09. The lowest BCUT2D eigenvalue weighted by Gasteiger charge is -2.31. The van der Waals surface area contributed by atoms with Gasteiger partial charge in [-0.2, -0.15) is 0 Å². The lowest BCUT2D eigenvalue weighted by atomic mass is 9.80. The van der Waals surface area contributed by atoms with E-state index in [9.17, 15) is 0 Å². The molecule has 1 saturated heterocycles. The number of imidazole rings is 1. The molecule has 0 aromatic carbocycles. The van der Waals surface area contributed by atoms with Crippen molar-refractivity contribution in [3.63, 3.8) is 0 Å². The first kappa shape index (κ1) is 10.7. The molecule has 3 rings (SSSR count). The van der Waals surface area contributed by atoms with Crippen molar-refractivity contribution >= 4 is 11.2 Å². The van der Waals surface area contributed by atoms with Gasteiger partial charge in [0.25, 0.3) is 0 Å². The van der Waals surface area contributed by atoms with E-state index in [1.54, 1.807) is 0 Å². The molecule has 0 aliphatic carbocycles. The van der Waals surface area contributed by atoms with Gasteiger partial charge in [-0.15, -0.1) is 0 Å². The SMILES string of the molecule is Cc1ccnc2nc(C3(C)CCNCC3)[nH]c12. The Kier molecular flexibility index (Phi) is 2.40. The maximum absolute atomic E-state index is 4.67. The van der Waals surface area contributed by atoms with Gasteiger partial charge < -0.3 is 10.3 Å². The van der Waals surface area contributed by atoms with Crippen molar-refractivity contribution in [2.24, 2.45) is 0 Å². The number of piperidine rings is 1. The molecule has 90 valence electrons. The van der Waals surface area contributed by atoms with Gasteiger partial charge in [-0.25, -0.2) is 9.97 Å². The Labute approximate surface area is 101 Å². The first-order valence-corrected chi connectivity index (χ1v) is 6.22. The van der Waals surface area contributed by atoms with Crippen LogP contribution in [0.15, 0.2) is 12.3 Å². The summed E-state index contributed by atoms with van der Waals surface area (Å²) in [5.41, 5.74) is 3.31. The number of nitrogens with zero attached hydrogens (tertiary/aromatic N) is 2. The van der Waals surface area contributed by atoms with Gasteiger partial charge >= 0.3 is 0 Å². The monoisotopic (exact) mass is 230 g/mol. The zero-order valence-corrected chi connectivity index (χ0v) is 10.4. The second kappa shape index (κ2) is 3.81. The van der Waals surface area contributed by atoms with Gasteiger partial charge in [0.15, 0.2) is 5.65 Å². The Balaban J connectivity index is 2.08. The summed E-state index contributed by atoms with van der Waals surface area (Å²) < 4.78 is 0. The highest BCUT2D eigenvalue weighted by atomic mass is 15.0. The van der Waals surface area contributed by atoms with Crippen molar-refractivity contribution < 1.29 is 0 Å². The van der Waals surface area contributed by atoms with Gasteiger partial charge in [0.05, 0.1) is 5.52 Å². The fourth-order valence-corrected chi connectivity index (χ4v) is 2.54. The van der Waals surface area contributed by atoms with Crippen LogP contribution in [0, 0.1) is 6.92 Å². The Hall–Kier alpha value is -1.42. The maximum Gasteiger partial charge on any atom is 0.177 e. The highest BCUT2D eigenvalue weighted by molar-refractivity contribution is 5.74. The van der Waals surface area contributed by atoms with Crippen LogP contribution in [0.25, 0.3) is 11.2 Å². The molecule has 0 amide bonds. The molecule has 0 atom stereocenters. The molecule has 0 unspecified atom stereocenters. The molecule has 17 heavy (non-hydrogen) atoms. The quantitative estimate of drug-likeness (QED) is 0.786. The molecule has 0 bridgehead atoms. The minimum absolute atomic E-state index is 0.165.